The fourth-order valence-corrected chi connectivity index (χ4v) is 5.41. The summed E-state index contributed by atoms with van der Waals surface area (Å²) in [7, 11) is -1.50. The molecule has 31 heavy (non-hydrogen) atoms. The minimum absolute atomic E-state index is 0.147. The van der Waals surface area contributed by atoms with Gasteiger partial charge >= 0.3 is 7.12 Å². The molecule has 0 spiro atoms. The van der Waals surface area contributed by atoms with Gasteiger partial charge in [-0.25, -0.2) is 0 Å². The predicted octanol–water partition coefficient (Wildman–Crippen LogP) is 4.77. The Balaban J connectivity index is 1.80. The minimum atomic E-state index is -1.50. The molecule has 3 nitrogen and oxygen atoms in total. The van der Waals surface area contributed by atoms with Gasteiger partial charge in [0.05, 0.1) is 11.0 Å². The van der Waals surface area contributed by atoms with Crippen LogP contribution in [0.15, 0.2) is 84.9 Å². The van der Waals surface area contributed by atoms with Crippen molar-refractivity contribution >= 4 is 34.4 Å². The fraction of sp³-hybridized carbons (Fsp3) is 0.111. The van der Waals surface area contributed by atoms with Crippen LogP contribution in [0.25, 0.3) is 38.6 Å². The van der Waals surface area contributed by atoms with Crippen LogP contribution in [0.1, 0.15) is 25.0 Å². The SMILES string of the molecule is CC1(C)c2ccccc2-c2ccc3c4ccccc4n(-c4cccc(B(O)O)c4)c3c21. The van der Waals surface area contributed by atoms with E-state index in [-0.39, 0.29) is 5.41 Å². The van der Waals surface area contributed by atoms with Gasteiger partial charge in [0.15, 0.2) is 0 Å². The van der Waals surface area contributed by atoms with Gasteiger partial charge in [-0.15, -0.1) is 0 Å². The molecule has 0 radical (unpaired) electrons. The highest BCUT2D eigenvalue weighted by Crippen LogP contribution is 2.52. The Morgan fingerprint density at radius 1 is 0.742 bits per heavy atom. The molecule has 0 amide bonds. The first-order valence-corrected chi connectivity index (χ1v) is 10.6. The normalized spacial score (nSPS) is 14.1. The third-order valence-corrected chi connectivity index (χ3v) is 6.78. The van der Waals surface area contributed by atoms with Crippen molar-refractivity contribution in [2.75, 3.05) is 0 Å². The molecule has 0 bridgehead atoms. The monoisotopic (exact) mass is 403 g/mol. The Kier molecular flexibility index (Phi) is 3.77. The van der Waals surface area contributed by atoms with E-state index in [1.807, 2.05) is 18.2 Å². The van der Waals surface area contributed by atoms with Crippen molar-refractivity contribution < 1.29 is 10.0 Å². The highest BCUT2D eigenvalue weighted by molar-refractivity contribution is 6.58. The summed E-state index contributed by atoms with van der Waals surface area (Å²) in [5, 5.41) is 22.0. The molecule has 2 N–H and O–H groups in total. The second-order valence-electron chi connectivity index (χ2n) is 8.88. The van der Waals surface area contributed by atoms with E-state index in [2.05, 4.69) is 79.1 Å². The zero-order valence-corrected chi connectivity index (χ0v) is 17.5. The van der Waals surface area contributed by atoms with Crippen molar-refractivity contribution in [2.24, 2.45) is 0 Å². The molecule has 150 valence electrons. The van der Waals surface area contributed by atoms with Crippen LogP contribution in [0, 0.1) is 0 Å². The van der Waals surface area contributed by atoms with Gasteiger partial charge in [-0.3, -0.25) is 0 Å². The van der Waals surface area contributed by atoms with Crippen molar-refractivity contribution in [3.8, 4) is 16.8 Å². The van der Waals surface area contributed by atoms with Gasteiger partial charge in [-0.2, -0.15) is 0 Å². The minimum Gasteiger partial charge on any atom is -0.423 e. The topological polar surface area (TPSA) is 45.4 Å². The third kappa shape index (κ3) is 2.43. The van der Waals surface area contributed by atoms with E-state index in [1.54, 1.807) is 6.07 Å². The molecular formula is C27H22BNO2. The molecule has 0 unspecified atom stereocenters. The molecule has 4 heteroatoms. The van der Waals surface area contributed by atoms with Gasteiger partial charge < -0.3 is 14.6 Å². The predicted molar refractivity (Wildman–Crippen MR) is 128 cm³/mol. The van der Waals surface area contributed by atoms with Crippen LogP contribution in [0.2, 0.25) is 0 Å². The van der Waals surface area contributed by atoms with Crippen LogP contribution in [0.4, 0.5) is 0 Å². The summed E-state index contributed by atoms with van der Waals surface area (Å²) in [6.07, 6.45) is 0. The zero-order valence-electron chi connectivity index (χ0n) is 17.5. The molecule has 0 saturated carbocycles. The van der Waals surface area contributed by atoms with E-state index >= 15 is 0 Å². The second-order valence-corrected chi connectivity index (χ2v) is 8.88. The van der Waals surface area contributed by atoms with Crippen LogP contribution in [-0.2, 0) is 5.41 Å². The van der Waals surface area contributed by atoms with Crippen LogP contribution in [-0.4, -0.2) is 21.7 Å². The summed E-state index contributed by atoms with van der Waals surface area (Å²) in [6, 6.07) is 29.1. The van der Waals surface area contributed by atoms with Crippen LogP contribution in [0.5, 0.6) is 0 Å². The summed E-state index contributed by atoms with van der Waals surface area (Å²) >= 11 is 0. The van der Waals surface area contributed by atoms with E-state index in [1.165, 1.54) is 38.5 Å². The van der Waals surface area contributed by atoms with Crippen LogP contribution >= 0.6 is 0 Å². The Labute approximate surface area is 181 Å². The average molecular weight is 403 g/mol. The van der Waals surface area contributed by atoms with Gasteiger partial charge in [0.25, 0.3) is 0 Å². The van der Waals surface area contributed by atoms with Gasteiger partial charge in [0.2, 0.25) is 0 Å². The van der Waals surface area contributed by atoms with Crippen molar-refractivity contribution in [1.82, 2.24) is 4.57 Å². The third-order valence-electron chi connectivity index (χ3n) is 6.78. The molecular weight excluding hydrogens is 381 g/mol. The van der Waals surface area contributed by atoms with Crippen molar-refractivity contribution in [1.29, 1.82) is 0 Å². The highest BCUT2D eigenvalue weighted by atomic mass is 16.4. The number of para-hydroxylation sites is 1. The number of aromatic nitrogens is 1. The lowest BCUT2D eigenvalue weighted by molar-refractivity contribution is 0.426. The van der Waals surface area contributed by atoms with E-state index in [0.717, 1.165) is 11.2 Å². The number of nitrogens with zero attached hydrogens (tertiary/aromatic N) is 1. The molecule has 0 fully saturated rings. The Morgan fingerprint density at radius 2 is 1.52 bits per heavy atom. The van der Waals surface area contributed by atoms with E-state index in [9.17, 15) is 10.0 Å². The quantitative estimate of drug-likeness (QED) is 0.417. The summed E-state index contributed by atoms with van der Waals surface area (Å²) in [6.45, 7) is 4.60. The van der Waals surface area contributed by atoms with Gasteiger partial charge in [0.1, 0.15) is 0 Å². The maximum Gasteiger partial charge on any atom is 0.488 e. The fourth-order valence-electron chi connectivity index (χ4n) is 5.41. The van der Waals surface area contributed by atoms with Crippen molar-refractivity contribution in [3.05, 3.63) is 96.1 Å². The van der Waals surface area contributed by atoms with Crippen molar-refractivity contribution in [2.45, 2.75) is 19.3 Å². The highest BCUT2D eigenvalue weighted by Gasteiger charge is 2.38. The molecule has 1 aliphatic carbocycles. The van der Waals surface area contributed by atoms with E-state index in [4.69, 9.17) is 0 Å². The summed E-state index contributed by atoms with van der Waals surface area (Å²) in [5.41, 5.74) is 8.79. The van der Waals surface area contributed by atoms with E-state index < -0.39 is 7.12 Å². The first-order valence-electron chi connectivity index (χ1n) is 10.6. The van der Waals surface area contributed by atoms with Crippen molar-refractivity contribution in [3.63, 3.8) is 0 Å². The summed E-state index contributed by atoms with van der Waals surface area (Å²) < 4.78 is 2.28. The first-order chi connectivity index (χ1) is 15.0. The summed E-state index contributed by atoms with van der Waals surface area (Å²) in [5.74, 6) is 0. The molecule has 1 aliphatic rings. The molecule has 6 rings (SSSR count). The largest absolute Gasteiger partial charge is 0.488 e. The number of rotatable bonds is 2. The molecule has 1 aromatic heterocycles. The lowest BCUT2D eigenvalue weighted by Gasteiger charge is -2.23. The zero-order chi connectivity index (χ0) is 21.3. The van der Waals surface area contributed by atoms with Gasteiger partial charge in [-0.1, -0.05) is 80.6 Å². The Bertz CT molecular complexity index is 1500. The smallest absolute Gasteiger partial charge is 0.423 e. The molecule has 0 saturated heterocycles. The molecule has 0 aliphatic heterocycles. The van der Waals surface area contributed by atoms with Gasteiger partial charge in [-0.05, 0) is 45.9 Å². The second kappa shape index (κ2) is 6.33. The van der Waals surface area contributed by atoms with E-state index in [0.29, 0.717) is 5.46 Å². The maximum absolute atomic E-state index is 9.77. The average Bonchev–Trinajstić information content (AvgIpc) is 3.24. The first kappa shape index (κ1) is 18.4. The maximum atomic E-state index is 9.77. The molecule has 4 aromatic carbocycles. The number of hydrogen-bond donors (Lipinski definition) is 2. The Hall–Kier alpha value is -3.34. The lowest BCUT2D eigenvalue weighted by atomic mass is 9.80. The molecule has 5 aromatic rings. The molecule has 1 heterocycles. The standard InChI is InChI=1S/C27H22BNO2/c1-27(2)23-12-5-3-10-19(23)21-14-15-22-20-11-4-6-13-24(20)29(26(22)25(21)27)18-9-7-8-17(16-18)28(30)31/h3-16,30-31H,1-2H3. The van der Waals surface area contributed by atoms with Crippen LogP contribution < -0.4 is 5.46 Å². The molecule has 0 atom stereocenters. The lowest BCUT2D eigenvalue weighted by Crippen LogP contribution is -2.29. The van der Waals surface area contributed by atoms with Gasteiger partial charge in [0, 0.05) is 21.9 Å². The van der Waals surface area contributed by atoms with Crippen LogP contribution in [0.3, 0.4) is 0 Å². The number of benzene rings is 4. The number of fused-ring (bicyclic) bond motifs is 7. The Morgan fingerprint density at radius 3 is 2.35 bits per heavy atom. The summed E-state index contributed by atoms with van der Waals surface area (Å²) in [4.78, 5) is 0. The number of hydrogen-bond acceptors (Lipinski definition) is 2.